The molecule has 12 atom stereocenters. The number of fused-ring (bicyclic) bond motifs is 1. The first-order valence-electron chi connectivity index (χ1n) is 19.9. The highest BCUT2D eigenvalue weighted by molar-refractivity contribution is 8.13. The van der Waals surface area contributed by atoms with Crippen molar-refractivity contribution in [2.24, 2.45) is 5.41 Å². The standard InChI is InChI=1S/C33H56N7O21P3S/c1-17(57-32-20(42)12-19(41)18(2)58-32)6-5-7-23(44)65-11-10-35-22(43)8-9-36-30(47)27(46)33(3,4)14-56-64(53,54)61-63(51,52)55-13-21-26(60-62(48,49)50)25(45)31(59-21)40-16-39-24-28(34)37-15-38-29(24)40/h15-21,25-27,31-32,41-42,45-46H,5-14H2,1-4H3,(H,35,43)(H,36,47)(H,51,52)(H,53,54)(H2,34,37,38)(H2,48,49,50)/t17-,18+,19-,20-,21-,25-,26-,27+,31-,32-/m1/s1. The highest BCUT2D eigenvalue weighted by Gasteiger charge is 2.50. The van der Waals surface area contributed by atoms with Crippen LogP contribution in [-0.2, 0) is 60.2 Å². The molecule has 0 bridgehead atoms. The van der Waals surface area contributed by atoms with Gasteiger partial charge in [0.15, 0.2) is 29.1 Å². The second-order valence-corrected chi connectivity index (χ2v) is 21.1. The number of ether oxygens (including phenoxy) is 3. The quantitative estimate of drug-likeness (QED) is 0.0424. The van der Waals surface area contributed by atoms with Crippen LogP contribution in [0.3, 0.4) is 0 Å². The zero-order valence-electron chi connectivity index (χ0n) is 35.5. The molecule has 2 aliphatic rings. The molecule has 0 radical (unpaired) electrons. The molecule has 2 aromatic rings. The third-order valence-corrected chi connectivity index (χ3v) is 13.8. The minimum atomic E-state index is -5.60. The van der Waals surface area contributed by atoms with Crippen LogP contribution in [0.1, 0.15) is 66.0 Å². The topological polar surface area (TPSA) is 423 Å². The Labute approximate surface area is 375 Å². The van der Waals surface area contributed by atoms with E-state index in [2.05, 4.69) is 34.4 Å². The number of phosphoric acid groups is 3. The molecule has 2 fully saturated rings. The maximum atomic E-state index is 12.7. The predicted octanol–water partition coefficient (Wildman–Crippen LogP) is -0.903. The third-order valence-electron chi connectivity index (χ3n) is 9.81. The molecular formula is C33H56N7O21P3S. The number of aliphatic hydroxyl groups is 4. The Morgan fingerprint density at radius 2 is 1.69 bits per heavy atom. The van der Waals surface area contributed by atoms with Crippen LogP contribution in [-0.4, -0.2) is 164 Å². The second-order valence-electron chi connectivity index (χ2n) is 15.7. The lowest BCUT2D eigenvalue weighted by molar-refractivity contribution is -0.273. The van der Waals surface area contributed by atoms with Gasteiger partial charge in [-0.25, -0.2) is 28.6 Å². The van der Waals surface area contributed by atoms with Crippen molar-refractivity contribution in [3.8, 4) is 0 Å². The molecule has 28 nitrogen and oxygen atoms in total. The fraction of sp³-hybridized carbons (Fsp3) is 0.758. The van der Waals surface area contributed by atoms with Crippen molar-refractivity contribution in [1.29, 1.82) is 0 Å². The van der Waals surface area contributed by atoms with Crippen molar-refractivity contribution in [2.45, 2.75) is 121 Å². The number of hydrogen-bond donors (Lipinski definition) is 11. The number of nitrogens with zero attached hydrogens (tertiary/aromatic N) is 4. The number of aliphatic hydroxyl groups excluding tert-OH is 4. The number of nitrogen functional groups attached to an aromatic ring is 1. The van der Waals surface area contributed by atoms with Crippen molar-refractivity contribution in [3.05, 3.63) is 12.7 Å². The van der Waals surface area contributed by atoms with Gasteiger partial charge in [0, 0.05) is 43.5 Å². The van der Waals surface area contributed by atoms with E-state index in [1.807, 2.05) is 0 Å². The number of rotatable bonds is 25. The SMILES string of the molecule is C[C@H](CCCC(=O)SCCNC(=O)CCNC(=O)[C@H](O)C(C)(C)COP(=O)(O)OP(=O)(O)OC[C@H]1O[C@@H](n2cnc3c(N)ncnc32)[C@H](O)[C@@H]1OP(=O)(O)O)O[C@@H]1O[C@@H](C)[C@H](O)C[C@H]1O. The monoisotopic (exact) mass is 1010 g/mol. The Hall–Kier alpha value is -2.60. The first-order valence-corrected chi connectivity index (χ1v) is 25.4. The molecule has 0 aromatic carbocycles. The summed E-state index contributed by atoms with van der Waals surface area (Å²) in [4.78, 5) is 88.3. The number of imidazole rings is 1. The fourth-order valence-electron chi connectivity index (χ4n) is 6.26. The van der Waals surface area contributed by atoms with Gasteiger partial charge < -0.3 is 70.6 Å². The van der Waals surface area contributed by atoms with Gasteiger partial charge in [-0.05, 0) is 26.7 Å². The van der Waals surface area contributed by atoms with Crippen molar-refractivity contribution >= 4 is 69.1 Å². The van der Waals surface area contributed by atoms with Crippen molar-refractivity contribution in [3.63, 3.8) is 0 Å². The van der Waals surface area contributed by atoms with Gasteiger partial charge in [0.05, 0.1) is 37.9 Å². The number of aromatic nitrogens is 4. The Bertz CT molecular complexity index is 2080. The molecule has 2 unspecified atom stereocenters. The summed E-state index contributed by atoms with van der Waals surface area (Å²) in [6, 6.07) is 0. The maximum absolute atomic E-state index is 12.7. The van der Waals surface area contributed by atoms with Gasteiger partial charge in [0.1, 0.15) is 42.4 Å². The van der Waals surface area contributed by atoms with E-state index in [1.54, 1.807) is 13.8 Å². The van der Waals surface area contributed by atoms with Crippen LogP contribution in [0.25, 0.3) is 11.2 Å². The van der Waals surface area contributed by atoms with Gasteiger partial charge >= 0.3 is 23.5 Å². The highest BCUT2D eigenvalue weighted by atomic mass is 32.2. The lowest BCUT2D eigenvalue weighted by atomic mass is 9.87. The van der Waals surface area contributed by atoms with E-state index in [4.69, 9.17) is 29.0 Å². The number of thioether (sulfide) groups is 1. The van der Waals surface area contributed by atoms with Crippen LogP contribution >= 0.6 is 35.2 Å². The number of nitrogens with two attached hydrogens (primary N) is 1. The first-order chi connectivity index (χ1) is 30.2. The number of phosphoric ester groups is 3. The Morgan fingerprint density at radius 3 is 2.38 bits per heavy atom. The van der Waals surface area contributed by atoms with Crippen LogP contribution in [0.4, 0.5) is 5.82 Å². The molecule has 12 N–H and O–H groups in total. The van der Waals surface area contributed by atoms with E-state index in [1.165, 1.54) is 13.8 Å². The van der Waals surface area contributed by atoms with Crippen LogP contribution in [0.5, 0.6) is 0 Å². The van der Waals surface area contributed by atoms with Crippen LogP contribution in [0, 0.1) is 5.41 Å². The smallest absolute Gasteiger partial charge is 0.390 e. The molecule has 2 aliphatic heterocycles. The van der Waals surface area contributed by atoms with E-state index in [9.17, 15) is 68.1 Å². The molecule has 4 rings (SSSR count). The number of hydrogen-bond acceptors (Lipinski definition) is 22. The number of amides is 2. The van der Waals surface area contributed by atoms with E-state index < -0.39 is 109 Å². The molecule has 0 saturated carbocycles. The number of carbonyl (C=O) groups excluding carboxylic acids is 3. The van der Waals surface area contributed by atoms with Crippen LogP contribution in [0.15, 0.2) is 12.7 Å². The van der Waals surface area contributed by atoms with E-state index in [-0.39, 0.29) is 66.3 Å². The molecule has 4 heterocycles. The van der Waals surface area contributed by atoms with Gasteiger partial charge in [-0.15, -0.1) is 0 Å². The predicted molar refractivity (Wildman–Crippen MR) is 222 cm³/mol. The largest absolute Gasteiger partial charge is 0.481 e. The molecule has 2 saturated heterocycles. The summed E-state index contributed by atoms with van der Waals surface area (Å²) >= 11 is 1.03. The van der Waals surface area contributed by atoms with E-state index in [0.29, 0.717) is 12.8 Å². The molecule has 370 valence electrons. The van der Waals surface area contributed by atoms with Crippen molar-refractivity contribution in [2.75, 3.05) is 37.8 Å². The number of anilines is 1. The average molecular weight is 1010 g/mol. The molecule has 32 heteroatoms. The zero-order valence-corrected chi connectivity index (χ0v) is 39.0. The first kappa shape index (κ1) is 55.0. The molecular weight excluding hydrogens is 955 g/mol. The zero-order chi connectivity index (χ0) is 48.5. The third kappa shape index (κ3) is 16.8. The maximum Gasteiger partial charge on any atom is 0.481 e. The Kier molecular flexibility index (Phi) is 20.0. The molecule has 2 amide bonds. The average Bonchev–Trinajstić information content (AvgIpc) is 3.76. The number of carbonyl (C=O) groups is 3. The minimum absolute atomic E-state index is 0.0214. The van der Waals surface area contributed by atoms with Gasteiger partial charge in [0.25, 0.3) is 0 Å². The van der Waals surface area contributed by atoms with Gasteiger partial charge in [-0.2, -0.15) is 4.31 Å². The molecule has 65 heavy (non-hydrogen) atoms. The van der Waals surface area contributed by atoms with Crippen molar-refractivity contribution < 1.29 is 100 Å². The number of nitrogens with one attached hydrogen (secondary N) is 2. The van der Waals surface area contributed by atoms with Gasteiger partial charge in [-0.1, -0.05) is 25.6 Å². The van der Waals surface area contributed by atoms with Crippen molar-refractivity contribution in [1.82, 2.24) is 30.2 Å². The minimum Gasteiger partial charge on any atom is -0.390 e. The van der Waals surface area contributed by atoms with Crippen LogP contribution in [0.2, 0.25) is 0 Å². The van der Waals surface area contributed by atoms with Gasteiger partial charge in [-0.3, -0.25) is 32.5 Å². The lowest BCUT2D eigenvalue weighted by Crippen LogP contribution is -2.48. The van der Waals surface area contributed by atoms with Gasteiger partial charge in [0.2, 0.25) is 11.8 Å². The molecule has 2 aromatic heterocycles. The normalized spacial score (nSPS) is 26.8. The van der Waals surface area contributed by atoms with E-state index >= 15 is 0 Å². The fourth-order valence-corrected chi connectivity index (χ4v) is 9.81. The molecule has 0 spiro atoms. The van der Waals surface area contributed by atoms with E-state index in [0.717, 1.165) is 29.0 Å². The summed E-state index contributed by atoms with van der Waals surface area (Å²) in [6.07, 6.45) is -9.03. The summed E-state index contributed by atoms with van der Waals surface area (Å²) in [6.45, 7) is 3.80. The molecule has 0 aliphatic carbocycles. The Morgan fingerprint density at radius 1 is 1.00 bits per heavy atom. The summed E-state index contributed by atoms with van der Waals surface area (Å²) in [5.74, 6) is -1.25. The summed E-state index contributed by atoms with van der Waals surface area (Å²) in [5.41, 5.74) is 4.22. The van der Waals surface area contributed by atoms with Crippen LogP contribution < -0.4 is 16.4 Å². The second kappa shape index (κ2) is 23.6. The lowest BCUT2D eigenvalue weighted by Gasteiger charge is -2.36. The summed E-state index contributed by atoms with van der Waals surface area (Å²) in [7, 11) is -16.5. The summed E-state index contributed by atoms with van der Waals surface area (Å²) in [5, 5.41) is 46.2. The highest BCUT2D eigenvalue weighted by Crippen LogP contribution is 2.61. The summed E-state index contributed by atoms with van der Waals surface area (Å²) < 4.78 is 73.5. The Balaban J connectivity index is 1.14.